The summed E-state index contributed by atoms with van der Waals surface area (Å²) in [5.74, 6) is 3.82. The van der Waals surface area contributed by atoms with E-state index in [1.165, 1.54) is 63.4 Å². The number of hydrogen-bond donors (Lipinski definition) is 0. The lowest BCUT2D eigenvalue weighted by atomic mass is 9.68. The summed E-state index contributed by atoms with van der Waals surface area (Å²) in [4.78, 5) is 0. The Balaban J connectivity index is 1.29. The van der Waals surface area contributed by atoms with Gasteiger partial charge in [0.15, 0.2) is 0 Å². The van der Waals surface area contributed by atoms with Gasteiger partial charge in [0, 0.05) is 5.39 Å². The van der Waals surface area contributed by atoms with Crippen molar-refractivity contribution in [1.82, 2.24) is 0 Å². The molecule has 0 N–H and O–H groups in total. The van der Waals surface area contributed by atoms with Gasteiger partial charge in [-0.2, -0.15) is 0 Å². The molecule has 0 unspecified atom stereocenters. The maximum absolute atomic E-state index is 15.1. The Labute approximate surface area is 183 Å². The quantitative estimate of drug-likeness (QED) is 0.429. The van der Waals surface area contributed by atoms with Gasteiger partial charge < -0.3 is 0 Å². The second-order valence-corrected chi connectivity index (χ2v) is 10.4. The topological polar surface area (TPSA) is 0 Å². The predicted octanol–water partition coefficient (Wildman–Crippen LogP) is 8.89. The minimum atomic E-state index is 0.0249. The first-order chi connectivity index (χ1) is 14.7. The lowest BCUT2D eigenvalue weighted by Crippen LogP contribution is -2.25. The van der Waals surface area contributed by atoms with Gasteiger partial charge in [0.05, 0.1) is 0 Å². The Morgan fingerprint density at radius 1 is 0.767 bits per heavy atom. The molecule has 2 aromatic rings. The number of aryl methyl sites for hydroxylation is 2. The molecule has 0 saturated heterocycles. The van der Waals surface area contributed by atoms with E-state index in [1.54, 1.807) is 0 Å². The summed E-state index contributed by atoms with van der Waals surface area (Å²) in [6, 6.07) is 10.5. The van der Waals surface area contributed by atoms with Crippen molar-refractivity contribution >= 4 is 10.8 Å². The lowest BCUT2D eigenvalue weighted by molar-refractivity contribution is 0.142. The monoisotopic (exact) mass is 408 g/mol. The highest BCUT2D eigenvalue weighted by Gasteiger charge is 2.30. The van der Waals surface area contributed by atoms with Crippen molar-refractivity contribution in [3.8, 4) is 0 Å². The predicted molar refractivity (Wildman–Crippen MR) is 127 cm³/mol. The molecule has 0 spiro atoms. The Morgan fingerprint density at radius 2 is 1.43 bits per heavy atom. The smallest absolute Gasteiger partial charge is 0.134 e. The van der Waals surface area contributed by atoms with Crippen LogP contribution in [0.3, 0.4) is 0 Å². The summed E-state index contributed by atoms with van der Waals surface area (Å²) in [6.07, 6.45) is 17.1. The molecule has 0 amide bonds. The first-order valence-electron chi connectivity index (χ1n) is 12.9. The van der Waals surface area contributed by atoms with E-state index in [2.05, 4.69) is 32.0 Å². The van der Waals surface area contributed by atoms with Crippen LogP contribution in [0, 0.1) is 29.5 Å². The van der Waals surface area contributed by atoms with Crippen molar-refractivity contribution in [1.29, 1.82) is 0 Å². The molecule has 2 fully saturated rings. The van der Waals surface area contributed by atoms with E-state index in [4.69, 9.17) is 0 Å². The molecule has 2 aliphatic rings. The van der Waals surface area contributed by atoms with Crippen molar-refractivity contribution in [2.75, 3.05) is 0 Å². The van der Waals surface area contributed by atoms with Crippen molar-refractivity contribution in [2.45, 2.75) is 97.3 Å². The Bertz CT molecular complexity index is 806. The summed E-state index contributed by atoms with van der Waals surface area (Å²) in [7, 11) is 0. The maximum atomic E-state index is 15.1. The van der Waals surface area contributed by atoms with Crippen LogP contribution in [0.4, 0.5) is 4.39 Å². The molecule has 0 aliphatic heterocycles. The van der Waals surface area contributed by atoms with E-state index in [0.29, 0.717) is 0 Å². The number of benzene rings is 2. The third-order valence-electron chi connectivity index (χ3n) is 8.49. The van der Waals surface area contributed by atoms with Gasteiger partial charge in [-0.25, -0.2) is 4.39 Å². The number of hydrogen-bond acceptors (Lipinski definition) is 0. The normalized spacial score (nSPS) is 27.4. The third-order valence-corrected chi connectivity index (χ3v) is 8.49. The van der Waals surface area contributed by atoms with E-state index < -0.39 is 0 Å². The molecule has 1 heteroatoms. The molecule has 2 aliphatic carbocycles. The summed E-state index contributed by atoms with van der Waals surface area (Å²) in [6.45, 7) is 4.55. The highest BCUT2D eigenvalue weighted by molar-refractivity contribution is 5.84. The summed E-state index contributed by atoms with van der Waals surface area (Å²) in [5.41, 5.74) is 2.24. The first kappa shape index (κ1) is 21.8. The van der Waals surface area contributed by atoms with Gasteiger partial charge in [-0.05, 0) is 85.1 Å². The molecule has 0 heterocycles. The second-order valence-electron chi connectivity index (χ2n) is 10.4. The van der Waals surface area contributed by atoms with E-state index in [9.17, 15) is 0 Å². The molecule has 2 saturated carbocycles. The molecule has 2 aromatic carbocycles. The average molecular weight is 409 g/mol. The molecular formula is C29H41F. The Hall–Kier alpha value is -1.37. The number of halogens is 1. The summed E-state index contributed by atoms with van der Waals surface area (Å²) < 4.78 is 15.1. The van der Waals surface area contributed by atoms with E-state index >= 15 is 4.39 Å². The van der Waals surface area contributed by atoms with Crippen molar-refractivity contribution in [3.63, 3.8) is 0 Å². The fourth-order valence-electron chi connectivity index (χ4n) is 6.40. The fraction of sp³-hybridized carbons (Fsp3) is 0.655. The fourth-order valence-corrected chi connectivity index (χ4v) is 6.40. The van der Waals surface area contributed by atoms with Crippen LogP contribution in [-0.4, -0.2) is 0 Å². The van der Waals surface area contributed by atoms with Gasteiger partial charge >= 0.3 is 0 Å². The molecule has 0 nitrogen and oxygen atoms in total. The van der Waals surface area contributed by atoms with Crippen LogP contribution in [0.15, 0.2) is 30.3 Å². The van der Waals surface area contributed by atoms with Gasteiger partial charge in [-0.3, -0.25) is 0 Å². The van der Waals surface area contributed by atoms with Crippen LogP contribution in [0.5, 0.6) is 0 Å². The number of fused-ring (bicyclic) bond motifs is 1. The van der Waals surface area contributed by atoms with Crippen molar-refractivity contribution in [3.05, 3.63) is 47.3 Å². The van der Waals surface area contributed by atoms with Crippen LogP contribution >= 0.6 is 0 Å². The Morgan fingerprint density at radius 3 is 2.07 bits per heavy atom. The molecule has 4 rings (SSSR count). The third kappa shape index (κ3) is 5.09. The molecule has 0 bridgehead atoms. The maximum Gasteiger partial charge on any atom is 0.134 e. The number of rotatable bonds is 7. The van der Waals surface area contributed by atoms with Gasteiger partial charge in [-0.1, -0.05) is 82.7 Å². The zero-order valence-electron chi connectivity index (χ0n) is 19.3. The first-order valence-corrected chi connectivity index (χ1v) is 12.9. The highest BCUT2D eigenvalue weighted by atomic mass is 19.1. The van der Waals surface area contributed by atoms with Crippen molar-refractivity contribution in [2.24, 2.45) is 23.7 Å². The van der Waals surface area contributed by atoms with Gasteiger partial charge in [0.2, 0.25) is 0 Å². The average Bonchev–Trinajstić information content (AvgIpc) is 2.79. The van der Waals surface area contributed by atoms with Crippen LogP contribution in [0.2, 0.25) is 0 Å². The SMILES string of the molecule is CCCc1ccc2c(F)c(CCC3CCC(C4CCC(CC)CC4)CC3)ccc2c1. The zero-order chi connectivity index (χ0) is 20.9. The minimum Gasteiger partial charge on any atom is -0.206 e. The molecule has 164 valence electrons. The van der Waals surface area contributed by atoms with E-state index in [1.807, 2.05) is 12.1 Å². The van der Waals surface area contributed by atoms with Gasteiger partial charge in [-0.15, -0.1) is 0 Å². The summed E-state index contributed by atoms with van der Waals surface area (Å²) >= 11 is 0. The van der Waals surface area contributed by atoms with E-state index in [-0.39, 0.29) is 5.82 Å². The highest BCUT2D eigenvalue weighted by Crippen LogP contribution is 2.42. The molecular weight excluding hydrogens is 367 g/mol. The van der Waals surface area contributed by atoms with E-state index in [0.717, 1.165) is 65.7 Å². The molecule has 30 heavy (non-hydrogen) atoms. The largest absolute Gasteiger partial charge is 0.206 e. The second kappa shape index (κ2) is 10.3. The molecule has 0 radical (unpaired) electrons. The van der Waals surface area contributed by atoms with Gasteiger partial charge in [0.25, 0.3) is 0 Å². The molecule has 0 aromatic heterocycles. The Kier molecular flexibility index (Phi) is 7.50. The van der Waals surface area contributed by atoms with Crippen LogP contribution in [0.25, 0.3) is 10.8 Å². The van der Waals surface area contributed by atoms with Crippen molar-refractivity contribution < 1.29 is 4.39 Å². The standard InChI is InChI=1S/C29H41F/c1-3-5-23-11-19-28-27(20-23)18-17-26(29(28)30)16-10-22-8-14-25(15-9-22)24-12-6-21(4-2)7-13-24/h11,17-22,24-25H,3-10,12-16H2,1-2H3. The van der Waals surface area contributed by atoms with Gasteiger partial charge in [0.1, 0.15) is 5.82 Å². The molecule has 0 atom stereocenters. The lowest BCUT2D eigenvalue weighted by Gasteiger charge is -2.37. The minimum absolute atomic E-state index is 0.0249. The summed E-state index contributed by atoms with van der Waals surface area (Å²) in [5, 5.41) is 1.86. The van der Waals surface area contributed by atoms with Crippen LogP contribution in [-0.2, 0) is 12.8 Å². The zero-order valence-corrected chi connectivity index (χ0v) is 19.3. The van der Waals surface area contributed by atoms with Crippen LogP contribution in [0.1, 0.15) is 95.6 Å². The van der Waals surface area contributed by atoms with Crippen LogP contribution < -0.4 is 0 Å².